The Kier molecular flexibility index (Phi) is 6.70. The van der Waals surface area contributed by atoms with E-state index >= 15 is 0 Å². The van der Waals surface area contributed by atoms with Crippen LogP contribution in [-0.2, 0) is 16.4 Å². The number of hydrogen-bond acceptors (Lipinski definition) is 4. The van der Waals surface area contributed by atoms with E-state index in [0.29, 0.717) is 13.0 Å². The average Bonchev–Trinajstić information content (AvgIpc) is 2.61. The van der Waals surface area contributed by atoms with Crippen LogP contribution in [0.5, 0.6) is 0 Å². The van der Waals surface area contributed by atoms with E-state index in [9.17, 15) is 18.0 Å². The van der Waals surface area contributed by atoms with Gasteiger partial charge in [0.1, 0.15) is 0 Å². The van der Waals surface area contributed by atoms with E-state index in [4.69, 9.17) is 5.11 Å². The van der Waals surface area contributed by atoms with Gasteiger partial charge in [0.25, 0.3) is 5.91 Å². The summed E-state index contributed by atoms with van der Waals surface area (Å²) in [6, 6.07) is 12.0. The van der Waals surface area contributed by atoms with E-state index in [1.54, 1.807) is 32.0 Å². The molecule has 144 valence electrons. The van der Waals surface area contributed by atoms with Crippen molar-refractivity contribution in [2.24, 2.45) is 0 Å². The highest BCUT2D eigenvalue weighted by Crippen LogP contribution is 2.12. The average molecular weight is 390 g/mol. The Bertz CT molecular complexity index is 939. The molecule has 0 aliphatic carbocycles. The Morgan fingerprint density at radius 3 is 2.37 bits per heavy atom. The lowest BCUT2D eigenvalue weighted by Gasteiger charge is -2.11. The SMILES string of the molecule is CC(C)NS(=O)(=O)c1cccc(C(=O)NCCc2cccc(C(=O)O)c2)c1. The Morgan fingerprint density at radius 1 is 1.04 bits per heavy atom. The molecule has 0 aliphatic rings. The number of sulfonamides is 1. The molecule has 0 spiro atoms. The molecule has 2 rings (SSSR count). The number of nitrogens with one attached hydrogen (secondary N) is 2. The highest BCUT2D eigenvalue weighted by Gasteiger charge is 2.17. The van der Waals surface area contributed by atoms with Gasteiger partial charge in [0.2, 0.25) is 10.0 Å². The fourth-order valence-electron chi connectivity index (χ4n) is 2.47. The molecule has 0 radical (unpaired) electrons. The summed E-state index contributed by atoms with van der Waals surface area (Å²) in [5.74, 6) is -1.40. The number of carboxylic acids is 1. The number of carboxylic acid groups (broad SMARTS) is 1. The predicted molar refractivity (Wildman–Crippen MR) is 101 cm³/mol. The molecule has 0 aromatic heterocycles. The normalized spacial score (nSPS) is 11.4. The molecule has 0 saturated heterocycles. The van der Waals surface area contributed by atoms with Crippen molar-refractivity contribution in [3.05, 3.63) is 65.2 Å². The maximum atomic E-state index is 12.3. The molecule has 1 amide bonds. The molecule has 2 aromatic rings. The van der Waals surface area contributed by atoms with Crippen molar-refractivity contribution in [1.82, 2.24) is 10.0 Å². The van der Waals surface area contributed by atoms with Crippen LogP contribution in [0.2, 0.25) is 0 Å². The van der Waals surface area contributed by atoms with E-state index in [2.05, 4.69) is 10.0 Å². The molecular weight excluding hydrogens is 368 g/mol. The van der Waals surface area contributed by atoms with Crippen molar-refractivity contribution in [3.63, 3.8) is 0 Å². The molecule has 3 N–H and O–H groups in total. The van der Waals surface area contributed by atoms with Gasteiger partial charge in [0.15, 0.2) is 0 Å². The van der Waals surface area contributed by atoms with Gasteiger partial charge in [-0.05, 0) is 56.2 Å². The molecule has 0 heterocycles. The summed E-state index contributed by atoms with van der Waals surface area (Å²) in [6.45, 7) is 3.73. The minimum Gasteiger partial charge on any atom is -0.478 e. The first kappa shape index (κ1) is 20.6. The van der Waals surface area contributed by atoms with Crippen molar-refractivity contribution in [2.75, 3.05) is 6.54 Å². The number of hydrogen-bond donors (Lipinski definition) is 3. The van der Waals surface area contributed by atoms with Crippen LogP contribution in [-0.4, -0.2) is 38.0 Å². The summed E-state index contributed by atoms with van der Waals surface area (Å²) in [6.07, 6.45) is 0.458. The molecule has 8 heteroatoms. The van der Waals surface area contributed by atoms with Crippen LogP contribution in [0.25, 0.3) is 0 Å². The lowest BCUT2D eigenvalue weighted by atomic mass is 10.1. The fraction of sp³-hybridized carbons (Fsp3) is 0.263. The standard InChI is InChI=1S/C19H22N2O5S/c1-13(2)21-27(25,26)17-8-4-6-15(12-17)18(22)20-10-9-14-5-3-7-16(11-14)19(23)24/h3-8,11-13,21H,9-10H2,1-2H3,(H,20,22)(H,23,24). The summed E-state index contributed by atoms with van der Waals surface area (Å²) in [7, 11) is -3.68. The number of carbonyl (C=O) groups excluding carboxylic acids is 1. The van der Waals surface area contributed by atoms with Gasteiger partial charge in [-0.2, -0.15) is 0 Å². The molecular formula is C19H22N2O5S. The maximum Gasteiger partial charge on any atom is 0.335 e. The van der Waals surface area contributed by atoms with Crippen molar-refractivity contribution >= 4 is 21.9 Å². The van der Waals surface area contributed by atoms with Gasteiger partial charge in [-0.15, -0.1) is 0 Å². The second-order valence-electron chi connectivity index (χ2n) is 6.32. The van der Waals surface area contributed by atoms with Crippen LogP contribution in [0.4, 0.5) is 0 Å². The maximum absolute atomic E-state index is 12.3. The first-order valence-electron chi connectivity index (χ1n) is 8.42. The molecule has 0 fully saturated rings. The lowest BCUT2D eigenvalue weighted by molar-refractivity contribution is 0.0696. The zero-order valence-electron chi connectivity index (χ0n) is 15.1. The van der Waals surface area contributed by atoms with Crippen LogP contribution in [0.15, 0.2) is 53.4 Å². The molecule has 0 atom stereocenters. The minimum atomic E-state index is -3.68. The minimum absolute atomic E-state index is 0.0259. The third-order valence-electron chi connectivity index (χ3n) is 3.67. The molecule has 0 saturated carbocycles. The van der Waals surface area contributed by atoms with Crippen molar-refractivity contribution < 1.29 is 23.1 Å². The van der Waals surface area contributed by atoms with Gasteiger partial charge >= 0.3 is 5.97 Å². The lowest BCUT2D eigenvalue weighted by Crippen LogP contribution is -2.30. The number of carbonyl (C=O) groups is 2. The van der Waals surface area contributed by atoms with E-state index in [1.165, 1.54) is 30.3 Å². The van der Waals surface area contributed by atoms with E-state index in [0.717, 1.165) is 5.56 Å². The van der Waals surface area contributed by atoms with E-state index in [1.807, 2.05) is 0 Å². The highest BCUT2D eigenvalue weighted by molar-refractivity contribution is 7.89. The zero-order chi connectivity index (χ0) is 20.0. The quantitative estimate of drug-likeness (QED) is 0.638. The Balaban J connectivity index is 2.01. The van der Waals surface area contributed by atoms with Crippen LogP contribution < -0.4 is 10.0 Å². The van der Waals surface area contributed by atoms with Gasteiger partial charge < -0.3 is 10.4 Å². The van der Waals surface area contributed by atoms with E-state index < -0.39 is 21.9 Å². The summed E-state index contributed by atoms with van der Waals surface area (Å²) < 4.78 is 26.9. The molecule has 0 aliphatic heterocycles. The number of rotatable bonds is 8. The number of amides is 1. The van der Waals surface area contributed by atoms with Crippen LogP contribution in [0.3, 0.4) is 0 Å². The van der Waals surface area contributed by atoms with E-state index in [-0.39, 0.29) is 22.1 Å². The highest BCUT2D eigenvalue weighted by atomic mass is 32.2. The first-order chi connectivity index (χ1) is 12.7. The zero-order valence-corrected chi connectivity index (χ0v) is 15.9. The van der Waals surface area contributed by atoms with Gasteiger partial charge in [-0.25, -0.2) is 17.9 Å². The van der Waals surface area contributed by atoms with Crippen molar-refractivity contribution in [3.8, 4) is 0 Å². The van der Waals surface area contributed by atoms with Crippen molar-refractivity contribution in [1.29, 1.82) is 0 Å². The third-order valence-corrected chi connectivity index (χ3v) is 5.33. The molecule has 0 bridgehead atoms. The summed E-state index contributed by atoms with van der Waals surface area (Å²) in [4.78, 5) is 23.3. The number of aromatic carboxylic acids is 1. The Labute approximate surface area is 158 Å². The van der Waals surface area contributed by atoms with Gasteiger partial charge in [-0.3, -0.25) is 4.79 Å². The fourth-order valence-corrected chi connectivity index (χ4v) is 3.76. The molecule has 27 heavy (non-hydrogen) atoms. The topological polar surface area (TPSA) is 113 Å². The second kappa shape index (κ2) is 8.79. The largest absolute Gasteiger partial charge is 0.478 e. The molecule has 7 nitrogen and oxygen atoms in total. The Hall–Kier alpha value is -2.71. The summed E-state index contributed by atoms with van der Waals surface area (Å²) in [5.41, 5.74) is 1.21. The van der Waals surface area contributed by atoms with Crippen molar-refractivity contribution in [2.45, 2.75) is 31.2 Å². The monoisotopic (exact) mass is 390 g/mol. The van der Waals surface area contributed by atoms with Gasteiger partial charge in [0, 0.05) is 18.2 Å². The van der Waals surface area contributed by atoms with Gasteiger partial charge in [-0.1, -0.05) is 18.2 Å². The molecule has 2 aromatic carbocycles. The Morgan fingerprint density at radius 2 is 1.70 bits per heavy atom. The van der Waals surface area contributed by atoms with Crippen LogP contribution >= 0.6 is 0 Å². The summed E-state index contributed by atoms with van der Waals surface area (Å²) >= 11 is 0. The third kappa shape index (κ3) is 5.90. The number of benzene rings is 2. The van der Waals surface area contributed by atoms with Gasteiger partial charge in [0.05, 0.1) is 10.5 Å². The second-order valence-corrected chi connectivity index (χ2v) is 8.03. The summed E-state index contributed by atoms with van der Waals surface area (Å²) in [5, 5.41) is 11.7. The smallest absolute Gasteiger partial charge is 0.335 e. The van der Waals surface area contributed by atoms with Crippen LogP contribution in [0, 0.1) is 0 Å². The predicted octanol–water partition coefficient (Wildman–Crippen LogP) is 2.04. The first-order valence-corrected chi connectivity index (χ1v) is 9.90. The molecule has 0 unspecified atom stereocenters. The van der Waals surface area contributed by atoms with Crippen LogP contribution in [0.1, 0.15) is 40.1 Å².